The van der Waals surface area contributed by atoms with Crippen LogP contribution in [-0.4, -0.2) is 13.7 Å². The molecular formula is C37H35F2N3S2. The predicted octanol–water partition coefficient (Wildman–Crippen LogP) is 11.3. The lowest BCUT2D eigenvalue weighted by Crippen LogP contribution is -1.94. The van der Waals surface area contributed by atoms with Gasteiger partial charge in [-0.25, -0.2) is 8.78 Å². The molecule has 3 heterocycles. The molecule has 44 heavy (non-hydrogen) atoms. The number of benzene rings is 3. The molecule has 3 nitrogen and oxygen atoms in total. The summed E-state index contributed by atoms with van der Waals surface area (Å²) >= 11 is 2.67. The molecule has 0 bridgehead atoms. The third-order valence-corrected chi connectivity index (χ3v) is 9.66. The Bertz CT molecular complexity index is 1900. The summed E-state index contributed by atoms with van der Waals surface area (Å²) in [5, 5.41) is 0. The summed E-state index contributed by atoms with van der Waals surface area (Å²) in [6.45, 7) is 8.72. The second-order valence-electron chi connectivity index (χ2n) is 12.2. The van der Waals surface area contributed by atoms with E-state index in [1.165, 1.54) is 11.3 Å². The summed E-state index contributed by atoms with van der Waals surface area (Å²) in [5.41, 5.74) is 8.04. The van der Waals surface area contributed by atoms with Crippen LogP contribution in [0.1, 0.15) is 51.7 Å². The lowest BCUT2D eigenvalue weighted by Gasteiger charge is -2.09. The molecule has 0 aliphatic carbocycles. The molecule has 0 aliphatic rings. The summed E-state index contributed by atoms with van der Waals surface area (Å²) in [6, 6.07) is 22.9. The SMILES string of the molecule is CC(C)CCc1ccc(-c2ccc(-c3ncc(-c4ccc(-c5ccc(CCC(C)C)cc5F)s4)c4nsnc34)cc2)c(F)c1. The molecule has 6 rings (SSSR count). The van der Waals surface area contributed by atoms with E-state index in [2.05, 4.69) is 36.4 Å². The molecule has 224 valence electrons. The summed E-state index contributed by atoms with van der Waals surface area (Å²) in [6.07, 6.45) is 5.66. The van der Waals surface area contributed by atoms with Gasteiger partial charge in [-0.15, -0.1) is 11.3 Å². The van der Waals surface area contributed by atoms with Gasteiger partial charge in [-0.2, -0.15) is 8.75 Å². The fourth-order valence-corrected chi connectivity index (χ4v) is 6.98. The highest BCUT2D eigenvalue weighted by Gasteiger charge is 2.18. The van der Waals surface area contributed by atoms with E-state index in [0.29, 0.717) is 23.0 Å². The fraction of sp³-hybridized carbons (Fsp3) is 0.270. The summed E-state index contributed by atoms with van der Waals surface area (Å²) in [7, 11) is 0. The standard InChI is InChI=1S/C37H35F2N3S2/c1-22(2)5-7-24-9-15-28(31(38)19-24)26-11-13-27(14-12-26)35-37-36(41-44-42-37)30(21-40-35)34-18-17-33(43-34)29-16-10-25(20-32(29)39)8-6-23(3)4/h9-23H,5-8H2,1-4H3. The average Bonchev–Trinajstić information content (AvgIpc) is 3.70. The summed E-state index contributed by atoms with van der Waals surface area (Å²) in [5.74, 6) is 0.770. The van der Waals surface area contributed by atoms with Gasteiger partial charge < -0.3 is 0 Å². The van der Waals surface area contributed by atoms with E-state index in [9.17, 15) is 0 Å². The first-order valence-corrected chi connectivity index (χ1v) is 16.7. The highest BCUT2D eigenvalue weighted by atomic mass is 32.1. The van der Waals surface area contributed by atoms with Crippen molar-refractivity contribution < 1.29 is 8.78 Å². The minimum atomic E-state index is -0.204. The Labute approximate surface area is 266 Å². The fourth-order valence-electron chi connectivity index (χ4n) is 5.37. The van der Waals surface area contributed by atoms with Crippen molar-refractivity contribution in [1.29, 1.82) is 0 Å². The Morgan fingerprint density at radius 1 is 0.614 bits per heavy atom. The maximum Gasteiger partial charge on any atom is 0.132 e. The zero-order valence-corrected chi connectivity index (χ0v) is 27.0. The third-order valence-electron chi connectivity index (χ3n) is 7.98. The molecule has 0 aliphatic heterocycles. The van der Waals surface area contributed by atoms with Gasteiger partial charge in [0.1, 0.15) is 22.7 Å². The number of rotatable bonds is 10. The molecule has 0 unspecified atom stereocenters. The van der Waals surface area contributed by atoms with E-state index in [1.807, 2.05) is 66.9 Å². The average molecular weight is 624 g/mol. The van der Waals surface area contributed by atoms with Crippen LogP contribution in [0.5, 0.6) is 0 Å². The second-order valence-corrected chi connectivity index (χ2v) is 13.8. The van der Waals surface area contributed by atoms with E-state index in [-0.39, 0.29) is 11.6 Å². The van der Waals surface area contributed by atoms with E-state index in [4.69, 9.17) is 4.98 Å². The Morgan fingerprint density at radius 3 is 1.75 bits per heavy atom. The van der Waals surface area contributed by atoms with Crippen LogP contribution in [0.4, 0.5) is 8.78 Å². The predicted molar refractivity (Wildman–Crippen MR) is 181 cm³/mol. The molecule has 3 aromatic heterocycles. The maximum absolute atomic E-state index is 15.1. The molecule has 7 heteroatoms. The maximum atomic E-state index is 15.1. The topological polar surface area (TPSA) is 38.7 Å². The number of nitrogens with zero attached hydrogens (tertiary/aromatic N) is 3. The smallest absolute Gasteiger partial charge is 0.132 e. The molecule has 0 fully saturated rings. The van der Waals surface area contributed by atoms with Gasteiger partial charge in [0.2, 0.25) is 0 Å². The van der Waals surface area contributed by atoms with Crippen molar-refractivity contribution in [2.75, 3.05) is 0 Å². The van der Waals surface area contributed by atoms with Crippen LogP contribution in [0.3, 0.4) is 0 Å². The number of hydrogen-bond donors (Lipinski definition) is 0. The van der Waals surface area contributed by atoms with Gasteiger partial charge >= 0.3 is 0 Å². The minimum absolute atomic E-state index is 0.195. The first-order chi connectivity index (χ1) is 21.3. The molecule has 0 spiro atoms. The number of pyridine rings is 1. The van der Waals surface area contributed by atoms with Gasteiger partial charge in [-0.1, -0.05) is 76.2 Å². The van der Waals surface area contributed by atoms with Gasteiger partial charge in [0.25, 0.3) is 0 Å². The van der Waals surface area contributed by atoms with E-state index < -0.39 is 0 Å². The zero-order chi connectivity index (χ0) is 30.8. The van der Waals surface area contributed by atoms with Crippen molar-refractivity contribution in [2.24, 2.45) is 11.8 Å². The molecule has 0 atom stereocenters. The number of thiophene rings is 1. The first kappa shape index (κ1) is 30.2. The van der Waals surface area contributed by atoms with Crippen LogP contribution in [0.2, 0.25) is 0 Å². The van der Waals surface area contributed by atoms with E-state index >= 15 is 8.78 Å². The van der Waals surface area contributed by atoms with Crippen molar-refractivity contribution in [1.82, 2.24) is 13.7 Å². The van der Waals surface area contributed by atoms with Crippen LogP contribution in [0, 0.1) is 23.5 Å². The molecular weight excluding hydrogens is 589 g/mol. The third kappa shape index (κ3) is 6.49. The van der Waals surface area contributed by atoms with Crippen molar-refractivity contribution in [3.63, 3.8) is 0 Å². The minimum Gasteiger partial charge on any atom is -0.253 e. The Balaban J connectivity index is 1.24. The molecule has 0 saturated heterocycles. The monoisotopic (exact) mass is 623 g/mol. The number of aromatic nitrogens is 3. The van der Waals surface area contributed by atoms with Gasteiger partial charge in [0, 0.05) is 38.2 Å². The van der Waals surface area contributed by atoms with Gasteiger partial charge in [-0.05, 0) is 78.5 Å². The molecule has 6 aromatic rings. The Morgan fingerprint density at radius 2 is 1.16 bits per heavy atom. The quantitative estimate of drug-likeness (QED) is 0.152. The van der Waals surface area contributed by atoms with Gasteiger partial charge in [-0.3, -0.25) is 4.98 Å². The van der Waals surface area contributed by atoms with Crippen molar-refractivity contribution in [3.05, 3.63) is 102 Å². The van der Waals surface area contributed by atoms with Crippen LogP contribution >= 0.6 is 23.1 Å². The number of fused-ring (bicyclic) bond motifs is 1. The Kier molecular flexibility index (Phi) is 8.96. The summed E-state index contributed by atoms with van der Waals surface area (Å²) in [4.78, 5) is 6.63. The lowest BCUT2D eigenvalue weighted by molar-refractivity contribution is 0.582. The van der Waals surface area contributed by atoms with Crippen molar-refractivity contribution in [2.45, 2.75) is 53.4 Å². The summed E-state index contributed by atoms with van der Waals surface area (Å²) < 4.78 is 39.3. The van der Waals surface area contributed by atoms with E-state index in [0.717, 1.165) is 91.7 Å². The normalized spacial score (nSPS) is 11.7. The van der Waals surface area contributed by atoms with Crippen LogP contribution in [0.25, 0.3) is 54.3 Å². The zero-order valence-electron chi connectivity index (χ0n) is 25.4. The van der Waals surface area contributed by atoms with Gasteiger partial charge in [0.05, 0.1) is 17.4 Å². The molecule has 0 N–H and O–H groups in total. The number of aryl methyl sites for hydroxylation is 2. The molecule has 0 saturated carbocycles. The molecule has 3 aromatic carbocycles. The second kappa shape index (κ2) is 13.0. The number of hydrogen-bond acceptors (Lipinski definition) is 5. The molecule has 0 amide bonds. The first-order valence-electron chi connectivity index (χ1n) is 15.2. The molecule has 0 radical (unpaired) electrons. The largest absolute Gasteiger partial charge is 0.253 e. The van der Waals surface area contributed by atoms with Crippen molar-refractivity contribution in [3.8, 4) is 43.3 Å². The highest BCUT2D eigenvalue weighted by Crippen LogP contribution is 2.40. The highest BCUT2D eigenvalue weighted by molar-refractivity contribution is 7.19. The lowest BCUT2D eigenvalue weighted by atomic mass is 9.97. The van der Waals surface area contributed by atoms with Crippen LogP contribution in [-0.2, 0) is 12.8 Å². The van der Waals surface area contributed by atoms with Crippen LogP contribution in [0.15, 0.2) is 79.0 Å². The number of halogens is 2. The van der Waals surface area contributed by atoms with E-state index in [1.54, 1.807) is 12.1 Å². The van der Waals surface area contributed by atoms with Crippen molar-refractivity contribution >= 4 is 34.1 Å². The Hall–Kier alpha value is -3.81. The van der Waals surface area contributed by atoms with Crippen LogP contribution < -0.4 is 0 Å². The van der Waals surface area contributed by atoms with Gasteiger partial charge in [0.15, 0.2) is 0 Å².